The molecule has 0 radical (unpaired) electrons. The molecule has 0 aromatic heterocycles. The zero-order valence-corrected chi connectivity index (χ0v) is 9.70. The van der Waals surface area contributed by atoms with E-state index in [1.165, 1.54) is 5.19 Å². The predicted octanol–water partition coefficient (Wildman–Crippen LogP) is 1.69. The number of ether oxygens (including phenoxy) is 1. The lowest BCUT2D eigenvalue weighted by Crippen LogP contribution is -2.37. The molecule has 76 valence electrons. The minimum absolute atomic E-state index is 0.525. The summed E-state index contributed by atoms with van der Waals surface area (Å²) in [6.45, 7) is 6.70. The van der Waals surface area contributed by atoms with Gasteiger partial charge >= 0.3 is 6.09 Å². The van der Waals surface area contributed by atoms with Crippen LogP contribution in [0.4, 0.5) is 4.79 Å². The first-order valence-corrected chi connectivity index (χ1v) is 7.97. The molecule has 0 bridgehead atoms. The average molecular weight is 209 g/mol. The van der Waals surface area contributed by atoms with Crippen LogP contribution in [-0.4, -0.2) is 14.2 Å². The van der Waals surface area contributed by atoms with Crippen LogP contribution < -0.4 is 15.7 Å². The van der Waals surface area contributed by atoms with E-state index in [0.717, 1.165) is 0 Å². The Balaban J connectivity index is 2.95. The van der Waals surface area contributed by atoms with Gasteiger partial charge in [0, 0.05) is 0 Å². The van der Waals surface area contributed by atoms with Crippen LogP contribution in [0.3, 0.4) is 0 Å². The molecule has 14 heavy (non-hydrogen) atoms. The second-order valence-corrected chi connectivity index (χ2v) is 9.28. The molecule has 4 heteroatoms. The van der Waals surface area contributed by atoms with E-state index in [1.807, 2.05) is 12.1 Å². The Kier molecular flexibility index (Phi) is 2.95. The van der Waals surface area contributed by atoms with Crippen molar-refractivity contribution in [1.29, 1.82) is 0 Å². The largest absolute Gasteiger partial charge is 0.411 e. The van der Waals surface area contributed by atoms with Gasteiger partial charge < -0.3 is 10.5 Å². The summed E-state index contributed by atoms with van der Waals surface area (Å²) in [5, 5.41) is 1.25. The zero-order chi connectivity index (χ0) is 10.8. The van der Waals surface area contributed by atoms with Gasteiger partial charge in [0.2, 0.25) is 0 Å². The van der Waals surface area contributed by atoms with Crippen LogP contribution in [0, 0.1) is 0 Å². The lowest BCUT2D eigenvalue weighted by atomic mass is 10.3. The summed E-state index contributed by atoms with van der Waals surface area (Å²) in [5.74, 6) is 0.525. The normalized spacial score (nSPS) is 11.1. The highest BCUT2D eigenvalue weighted by molar-refractivity contribution is 6.88. The van der Waals surface area contributed by atoms with Gasteiger partial charge in [-0.15, -0.1) is 0 Å². The SMILES string of the molecule is C[Si](C)(C)c1cccc(OC(N)=O)c1. The summed E-state index contributed by atoms with van der Waals surface area (Å²) in [4.78, 5) is 10.5. The molecule has 1 rings (SSSR count). The molecule has 0 aliphatic carbocycles. The summed E-state index contributed by atoms with van der Waals surface area (Å²) in [6, 6.07) is 7.55. The van der Waals surface area contributed by atoms with Crippen molar-refractivity contribution in [1.82, 2.24) is 0 Å². The lowest BCUT2D eigenvalue weighted by molar-refractivity contribution is 0.211. The van der Waals surface area contributed by atoms with Gasteiger partial charge in [-0.05, 0) is 12.1 Å². The third-order valence-corrected chi connectivity index (χ3v) is 3.96. The topological polar surface area (TPSA) is 52.3 Å². The number of rotatable bonds is 2. The van der Waals surface area contributed by atoms with E-state index in [0.29, 0.717) is 5.75 Å². The van der Waals surface area contributed by atoms with Gasteiger partial charge in [0.25, 0.3) is 0 Å². The maximum Gasteiger partial charge on any atom is 0.409 e. The first-order valence-electron chi connectivity index (χ1n) is 4.47. The van der Waals surface area contributed by atoms with Crippen LogP contribution in [0.15, 0.2) is 24.3 Å². The van der Waals surface area contributed by atoms with Gasteiger partial charge in [-0.25, -0.2) is 4.79 Å². The minimum atomic E-state index is -1.35. The smallest absolute Gasteiger partial charge is 0.409 e. The molecular formula is C10H15NO2Si. The van der Waals surface area contributed by atoms with Crippen molar-refractivity contribution in [2.45, 2.75) is 19.6 Å². The molecule has 3 nitrogen and oxygen atoms in total. The fourth-order valence-corrected chi connectivity index (χ4v) is 2.31. The molecule has 0 saturated carbocycles. The van der Waals surface area contributed by atoms with Crippen LogP contribution in [0.1, 0.15) is 0 Å². The van der Waals surface area contributed by atoms with Crippen molar-refractivity contribution < 1.29 is 9.53 Å². The molecule has 0 aliphatic rings. The Hall–Kier alpha value is -1.29. The summed E-state index contributed by atoms with van der Waals surface area (Å²) < 4.78 is 4.81. The van der Waals surface area contributed by atoms with Gasteiger partial charge in [0.1, 0.15) is 5.75 Å². The van der Waals surface area contributed by atoms with Crippen LogP contribution in [-0.2, 0) is 0 Å². The van der Waals surface area contributed by atoms with E-state index in [-0.39, 0.29) is 0 Å². The van der Waals surface area contributed by atoms with Crippen molar-refractivity contribution in [3.8, 4) is 5.75 Å². The molecule has 0 saturated heterocycles. The lowest BCUT2D eigenvalue weighted by Gasteiger charge is -2.16. The first-order chi connectivity index (χ1) is 6.39. The van der Waals surface area contributed by atoms with Gasteiger partial charge in [-0.3, -0.25) is 0 Å². The average Bonchev–Trinajstić information content (AvgIpc) is 2.01. The van der Waals surface area contributed by atoms with Gasteiger partial charge in [0.05, 0.1) is 8.07 Å². The third-order valence-electron chi connectivity index (χ3n) is 1.92. The van der Waals surface area contributed by atoms with Crippen LogP contribution >= 0.6 is 0 Å². The predicted molar refractivity (Wildman–Crippen MR) is 59.6 cm³/mol. The fraction of sp³-hybridized carbons (Fsp3) is 0.300. The van der Waals surface area contributed by atoms with E-state index >= 15 is 0 Å². The number of carbonyl (C=O) groups excluding carboxylic acids is 1. The standard InChI is InChI=1S/C10H15NO2Si/c1-14(2,3)9-6-4-5-8(7-9)13-10(11)12/h4-7H,1-3H3,(H2,11,12). The Morgan fingerprint density at radius 2 is 2.00 bits per heavy atom. The summed E-state index contributed by atoms with van der Waals surface area (Å²) in [5.41, 5.74) is 4.93. The van der Waals surface area contributed by atoms with Crippen LogP contribution in [0.5, 0.6) is 5.75 Å². The molecule has 1 aromatic rings. The Morgan fingerprint density at radius 1 is 1.36 bits per heavy atom. The summed E-state index contributed by atoms with van der Waals surface area (Å²) in [7, 11) is -1.35. The maximum absolute atomic E-state index is 10.5. The van der Waals surface area contributed by atoms with E-state index < -0.39 is 14.2 Å². The highest BCUT2D eigenvalue weighted by Crippen LogP contribution is 2.11. The second kappa shape index (κ2) is 3.83. The Morgan fingerprint density at radius 3 is 2.50 bits per heavy atom. The van der Waals surface area contributed by atoms with Crippen molar-refractivity contribution in [3.63, 3.8) is 0 Å². The van der Waals surface area contributed by atoms with Crippen molar-refractivity contribution >= 4 is 19.4 Å². The van der Waals surface area contributed by atoms with Crippen LogP contribution in [0.2, 0.25) is 19.6 Å². The monoisotopic (exact) mass is 209 g/mol. The molecule has 0 fully saturated rings. The fourth-order valence-electron chi connectivity index (χ4n) is 1.14. The number of benzene rings is 1. The van der Waals surface area contributed by atoms with Gasteiger partial charge in [0.15, 0.2) is 0 Å². The van der Waals surface area contributed by atoms with Crippen molar-refractivity contribution in [2.75, 3.05) is 0 Å². The van der Waals surface area contributed by atoms with E-state index in [4.69, 9.17) is 10.5 Å². The Bertz CT molecular complexity index is 344. The highest BCUT2D eigenvalue weighted by Gasteiger charge is 2.16. The van der Waals surface area contributed by atoms with Gasteiger partial charge in [-0.1, -0.05) is 37.0 Å². The number of hydrogen-bond donors (Lipinski definition) is 1. The van der Waals surface area contributed by atoms with E-state index in [1.54, 1.807) is 6.07 Å². The summed E-state index contributed by atoms with van der Waals surface area (Å²) >= 11 is 0. The Labute approximate surface area is 84.9 Å². The second-order valence-electron chi connectivity index (χ2n) is 4.20. The number of nitrogens with two attached hydrogens (primary N) is 1. The number of carbonyl (C=O) groups is 1. The zero-order valence-electron chi connectivity index (χ0n) is 8.70. The molecule has 0 spiro atoms. The van der Waals surface area contributed by atoms with Crippen molar-refractivity contribution in [2.24, 2.45) is 5.73 Å². The minimum Gasteiger partial charge on any atom is -0.411 e. The van der Waals surface area contributed by atoms with E-state index in [2.05, 4.69) is 25.7 Å². The highest BCUT2D eigenvalue weighted by atomic mass is 28.3. The molecule has 0 aliphatic heterocycles. The molecular weight excluding hydrogens is 194 g/mol. The number of primary amides is 1. The van der Waals surface area contributed by atoms with E-state index in [9.17, 15) is 4.79 Å². The number of hydrogen-bond acceptors (Lipinski definition) is 2. The molecule has 0 unspecified atom stereocenters. The first kappa shape index (κ1) is 10.8. The molecule has 0 atom stereocenters. The van der Waals surface area contributed by atoms with Gasteiger partial charge in [-0.2, -0.15) is 0 Å². The maximum atomic E-state index is 10.5. The quantitative estimate of drug-likeness (QED) is 0.754. The number of amides is 1. The summed E-state index contributed by atoms with van der Waals surface area (Å²) in [6.07, 6.45) is -0.766. The van der Waals surface area contributed by atoms with Crippen molar-refractivity contribution in [3.05, 3.63) is 24.3 Å². The third kappa shape index (κ3) is 2.88. The molecule has 0 heterocycles. The molecule has 1 amide bonds. The van der Waals surface area contributed by atoms with Crippen LogP contribution in [0.25, 0.3) is 0 Å². The molecule has 1 aromatic carbocycles. The molecule has 2 N–H and O–H groups in total.